The fourth-order valence-corrected chi connectivity index (χ4v) is 1.57. The number of nitrogens with zero attached hydrogens (tertiary/aromatic N) is 2. The molecule has 0 fully saturated rings. The predicted molar refractivity (Wildman–Crippen MR) is 66.0 cm³/mol. The predicted octanol–water partition coefficient (Wildman–Crippen LogP) is 2.20. The van der Waals surface area contributed by atoms with Gasteiger partial charge in [-0.15, -0.1) is 0 Å². The molecule has 0 aliphatic heterocycles. The summed E-state index contributed by atoms with van der Waals surface area (Å²) < 4.78 is 24.3. The van der Waals surface area contributed by atoms with Crippen molar-refractivity contribution in [3.8, 4) is 11.4 Å². The molecule has 2 rings (SSSR count). The van der Waals surface area contributed by atoms with Gasteiger partial charge in [0.05, 0.1) is 25.6 Å². The maximum Gasteiger partial charge on any atom is 0.362 e. The molecule has 0 saturated heterocycles. The van der Waals surface area contributed by atoms with E-state index in [0.717, 1.165) is 0 Å². The average Bonchev–Trinajstić information content (AvgIpc) is 2.84. The van der Waals surface area contributed by atoms with Gasteiger partial charge in [0.15, 0.2) is 5.75 Å². The second-order valence-corrected chi connectivity index (χ2v) is 3.69. The van der Waals surface area contributed by atoms with Crippen molar-refractivity contribution in [3.63, 3.8) is 0 Å². The van der Waals surface area contributed by atoms with E-state index in [2.05, 4.69) is 5.10 Å². The number of carbonyl (C=O) groups is 1. The first-order valence-corrected chi connectivity index (χ1v) is 5.72. The Balaban J connectivity index is 2.38. The summed E-state index contributed by atoms with van der Waals surface area (Å²) in [4.78, 5) is 11.7. The van der Waals surface area contributed by atoms with Gasteiger partial charge < -0.3 is 9.47 Å². The van der Waals surface area contributed by atoms with Gasteiger partial charge >= 0.3 is 5.97 Å². The SMILES string of the molecule is CCOC(=O)c1nn(-c2ccc(F)cc2)cc1OC. The van der Waals surface area contributed by atoms with Crippen molar-refractivity contribution in [2.45, 2.75) is 6.92 Å². The average molecular weight is 264 g/mol. The van der Waals surface area contributed by atoms with E-state index in [1.165, 1.54) is 23.9 Å². The van der Waals surface area contributed by atoms with Crippen molar-refractivity contribution in [3.05, 3.63) is 42.0 Å². The molecular formula is C13H13FN2O3. The van der Waals surface area contributed by atoms with Crippen molar-refractivity contribution < 1.29 is 18.7 Å². The molecule has 1 aromatic heterocycles. The minimum atomic E-state index is -0.555. The van der Waals surface area contributed by atoms with Crippen LogP contribution in [0.4, 0.5) is 4.39 Å². The Morgan fingerprint density at radius 1 is 1.37 bits per heavy atom. The van der Waals surface area contributed by atoms with Gasteiger partial charge in [-0.25, -0.2) is 13.9 Å². The van der Waals surface area contributed by atoms with Crippen LogP contribution in [0, 0.1) is 5.82 Å². The van der Waals surface area contributed by atoms with Gasteiger partial charge in [0, 0.05) is 0 Å². The van der Waals surface area contributed by atoms with Gasteiger partial charge in [-0.3, -0.25) is 0 Å². The van der Waals surface area contributed by atoms with Crippen LogP contribution in [0.3, 0.4) is 0 Å². The van der Waals surface area contributed by atoms with Crippen LogP contribution in [0.2, 0.25) is 0 Å². The van der Waals surface area contributed by atoms with Gasteiger partial charge in [-0.2, -0.15) is 5.10 Å². The Morgan fingerprint density at radius 3 is 2.63 bits per heavy atom. The molecule has 5 nitrogen and oxygen atoms in total. The lowest BCUT2D eigenvalue weighted by Gasteiger charge is -2.00. The molecule has 0 spiro atoms. The molecule has 6 heteroatoms. The third kappa shape index (κ3) is 2.73. The van der Waals surface area contributed by atoms with Crippen molar-refractivity contribution in [1.82, 2.24) is 9.78 Å². The highest BCUT2D eigenvalue weighted by molar-refractivity contribution is 5.90. The number of carbonyl (C=O) groups excluding carboxylic acids is 1. The maximum atomic E-state index is 12.9. The molecule has 0 bridgehead atoms. The van der Waals surface area contributed by atoms with Gasteiger partial charge in [0.25, 0.3) is 0 Å². The summed E-state index contributed by atoms with van der Waals surface area (Å²) in [6.45, 7) is 1.97. The summed E-state index contributed by atoms with van der Waals surface area (Å²) >= 11 is 0. The zero-order valence-electron chi connectivity index (χ0n) is 10.6. The number of esters is 1. The number of benzene rings is 1. The number of ether oxygens (including phenoxy) is 2. The van der Waals surface area contributed by atoms with Crippen molar-refractivity contribution >= 4 is 5.97 Å². The van der Waals surface area contributed by atoms with Gasteiger partial charge in [-0.05, 0) is 31.2 Å². The Hall–Kier alpha value is -2.37. The minimum absolute atomic E-state index is 0.0914. The molecule has 0 atom stereocenters. The molecule has 100 valence electrons. The molecule has 0 amide bonds. The van der Waals surface area contributed by atoms with Crippen LogP contribution < -0.4 is 4.74 Å². The van der Waals surface area contributed by atoms with E-state index in [0.29, 0.717) is 11.4 Å². The van der Waals surface area contributed by atoms with E-state index in [9.17, 15) is 9.18 Å². The van der Waals surface area contributed by atoms with Crippen molar-refractivity contribution in [1.29, 1.82) is 0 Å². The molecular weight excluding hydrogens is 251 g/mol. The Kier molecular flexibility index (Phi) is 3.79. The fourth-order valence-electron chi connectivity index (χ4n) is 1.57. The lowest BCUT2D eigenvalue weighted by molar-refractivity contribution is 0.0515. The van der Waals surface area contributed by atoms with Crippen molar-refractivity contribution in [2.24, 2.45) is 0 Å². The highest BCUT2D eigenvalue weighted by atomic mass is 19.1. The summed E-state index contributed by atoms with van der Waals surface area (Å²) in [6, 6.07) is 5.73. The monoisotopic (exact) mass is 264 g/mol. The molecule has 0 saturated carbocycles. The first-order valence-electron chi connectivity index (χ1n) is 5.72. The van der Waals surface area contributed by atoms with Crippen LogP contribution in [0.15, 0.2) is 30.5 Å². The highest BCUT2D eigenvalue weighted by Gasteiger charge is 2.19. The van der Waals surface area contributed by atoms with Crippen LogP contribution in [0.25, 0.3) is 5.69 Å². The van der Waals surface area contributed by atoms with Crippen LogP contribution >= 0.6 is 0 Å². The Labute approximate surface area is 109 Å². The largest absolute Gasteiger partial charge is 0.493 e. The van der Waals surface area contributed by atoms with Crippen molar-refractivity contribution in [2.75, 3.05) is 13.7 Å². The summed E-state index contributed by atoms with van der Waals surface area (Å²) in [5.74, 6) is -0.587. The smallest absolute Gasteiger partial charge is 0.362 e. The molecule has 2 aromatic rings. The molecule has 1 heterocycles. The Morgan fingerprint density at radius 2 is 2.05 bits per heavy atom. The molecule has 19 heavy (non-hydrogen) atoms. The van der Waals surface area contributed by atoms with Gasteiger partial charge in [0.2, 0.25) is 5.69 Å². The molecule has 0 unspecified atom stereocenters. The standard InChI is InChI=1S/C13H13FN2O3/c1-3-19-13(17)12-11(18-2)8-16(15-12)10-6-4-9(14)5-7-10/h4-8H,3H2,1-2H3. The summed E-state index contributed by atoms with van der Waals surface area (Å²) in [5.41, 5.74) is 0.712. The zero-order valence-corrected chi connectivity index (χ0v) is 10.6. The molecule has 0 N–H and O–H groups in total. The normalized spacial score (nSPS) is 10.3. The topological polar surface area (TPSA) is 53.3 Å². The lowest BCUT2D eigenvalue weighted by atomic mass is 10.3. The summed E-state index contributed by atoms with van der Waals surface area (Å²) in [6.07, 6.45) is 1.54. The Bertz CT molecular complexity index is 578. The number of methoxy groups -OCH3 is 1. The number of aromatic nitrogens is 2. The second kappa shape index (κ2) is 5.51. The third-order valence-electron chi connectivity index (χ3n) is 2.46. The third-order valence-corrected chi connectivity index (χ3v) is 2.46. The fraction of sp³-hybridized carbons (Fsp3) is 0.231. The van der Waals surface area contributed by atoms with Crippen LogP contribution in [0.1, 0.15) is 17.4 Å². The summed E-state index contributed by atoms with van der Waals surface area (Å²) in [5, 5.41) is 4.09. The van der Waals surface area contributed by atoms with Gasteiger partial charge in [-0.1, -0.05) is 0 Å². The molecule has 1 aromatic carbocycles. The highest BCUT2D eigenvalue weighted by Crippen LogP contribution is 2.20. The van der Waals surface area contributed by atoms with E-state index in [1.807, 2.05) is 0 Å². The first kappa shape index (κ1) is 13.1. The van der Waals surface area contributed by atoms with E-state index in [4.69, 9.17) is 9.47 Å². The number of hydrogen-bond acceptors (Lipinski definition) is 4. The van der Waals surface area contributed by atoms with Crippen LogP contribution in [-0.4, -0.2) is 29.5 Å². The van der Waals surface area contributed by atoms with Crippen LogP contribution in [0.5, 0.6) is 5.75 Å². The number of rotatable bonds is 4. The number of halogens is 1. The van der Waals surface area contributed by atoms with E-state index >= 15 is 0 Å². The molecule has 0 radical (unpaired) electrons. The van der Waals surface area contributed by atoms with Gasteiger partial charge in [0.1, 0.15) is 5.82 Å². The zero-order chi connectivity index (χ0) is 13.8. The number of hydrogen-bond donors (Lipinski definition) is 0. The maximum absolute atomic E-state index is 12.9. The van der Waals surface area contributed by atoms with E-state index in [-0.39, 0.29) is 18.1 Å². The minimum Gasteiger partial charge on any atom is -0.493 e. The second-order valence-electron chi connectivity index (χ2n) is 3.69. The van der Waals surface area contributed by atoms with Crippen LogP contribution in [-0.2, 0) is 4.74 Å². The van der Waals surface area contributed by atoms with E-state index in [1.54, 1.807) is 25.3 Å². The lowest BCUT2D eigenvalue weighted by Crippen LogP contribution is -2.07. The first-order chi connectivity index (χ1) is 9.15. The van der Waals surface area contributed by atoms with E-state index < -0.39 is 5.97 Å². The quantitative estimate of drug-likeness (QED) is 0.794. The molecule has 0 aliphatic rings. The molecule has 0 aliphatic carbocycles. The summed E-state index contributed by atoms with van der Waals surface area (Å²) in [7, 11) is 1.44.